The van der Waals surface area contributed by atoms with Crippen LogP contribution >= 0.6 is 0 Å². The van der Waals surface area contributed by atoms with E-state index in [1.807, 2.05) is 0 Å². The lowest BCUT2D eigenvalue weighted by molar-refractivity contribution is 0.620. The summed E-state index contributed by atoms with van der Waals surface area (Å²) in [7, 11) is 0. The highest BCUT2D eigenvalue weighted by Crippen LogP contribution is 2.08. The lowest BCUT2D eigenvalue weighted by Crippen LogP contribution is -2.09. The van der Waals surface area contributed by atoms with E-state index in [-0.39, 0.29) is 0 Å². The Hall–Kier alpha value is -0.860. The highest BCUT2D eigenvalue weighted by atomic mass is 15.3. The van der Waals surface area contributed by atoms with Gasteiger partial charge in [0.15, 0.2) is 0 Å². The van der Waals surface area contributed by atoms with Crippen LogP contribution in [0.2, 0.25) is 0 Å². The zero-order valence-electron chi connectivity index (χ0n) is 5.12. The first-order valence-electron chi connectivity index (χ1n) is 3.15. The molecule has 1 radical (unpaired) electrons. The molecule has 47 valence electrons. The molecule has 1 aromatic rings. The van der Waals surface area contributed by atoms with Crippen LogP contribution in [0, 0.1) is 6.42 Å². The van der Waals surface area contributed by atoms with Gasteiger partial charge in [-0.05, 0) is 12.8 Å². The molecule has 0 atom stereocenters. The Morgan fingerprint density at radius 2 is 2.56 bits per heavy atom. The topological polar surface area (TPSA) is 30.7 Å². The van der Waals surface area contributed by atoms with E-state index in [0.717, 1.165) is 25.2 Å². The van der Waals surface area contributed by atoms with Crippen molar-refractivity contribution < 1.29 is 0 Å². The van der Waals surface area contributed by atoms with Gasteiger partial charge in [0.05, 0.1) is 0 Å². The van der Waals surface area contributed by atoms with Gasteiger partial charge in [0.2, 0.25) is 0 Å². The van der Waals surface area contributed by atoms with Gasteiger partial charge in [-0.15, -0.1) is 10.2 Å². The fraction of sp³-hybridized carbons (Fsp3) is 0.500. The Balaban J connectivity index is 2.39. The summed E-state index contributed by atoms with van der Waals surface area (Å²) in [6.45, 7) is 0.988. The maximum Gasteiger partial charge on any atom is 0.132 e. The molecule has 2 heterocycles. The third kappa shape index (κ3) is 0.724. The third-order valence-corrected chi connectivity index (χ3v) is 1.59. The van der Waals surface area contributed by atoms with Crippen molar-refractivity contribution in [2.45, 2.75) is 19.4 Å². The van der Waals surface area contributed by atoms with Crippen molar-refractivity contribution in [1.29, 1.82) is 0 Å². The fourth-order valence-electron chi connectivity index (χ4n) is 1.09. The first-order chi connectivity index (χ1) is 4.47. The van der Waals surface area contributed by atoms with Crippen molar-refractivity contribution >= 4 is 0 Å². The van der Waals surface area contributed by atoms with Gasteiger partial charge < -0.3 is 4.57 Å². The van der Waals surface area contributed by atoms with Gasteiger partial charge in [-0.1, -0.05) is 0 Å². The lowest BCUT2D eigenvalue weighted by Gasteiger charge is -2.10. The quantitative estimate of drug-likeness (QED) is 0.499. The lowest BCUT2D eigenvalue weighted by atomic mass is 10.2. The Labute approximate surface area is 53.7 Å². The number of aromatic nitrogens is 3. The summed E-state index contributed by atoms with van der Waals surface area (Å²) in [6, 6.07) is 0. The zero-order chi connectivity index (χ0) is 6.10. The summed E-state index contributed by atoms with van der Waals surface area (Å²) in [5, 5.41) is 7.75. The van der Waals surface area contributed by atoms with E-state index >= 15 is 0 Å². The molecule has 1 aliphatic heterocycles. The molecule has 0 aliphatic carbocycles. The van der Waals surface area contributed by atoms with E-state index in [2.05, 4.69) is 21.2 Å². The summed E-state index contributed by atoms with van der Waals surface area (Å²) < 4.78 is 2.07. The van der Waals surface area contributed by atoms with Crippen molar-refractivity contribution in [2.75, 3.05) is 0 Å². The molecule has 0 N–H and O–H groups in total. The molecule has 3 heteroatoms. The number of rotatable bonds is 0. The van der Waals surface area contributed by atoms with Crippen molar-refractivity contribution in [3.63, 3.8) is 0 Å². The van der Waals surface area contributed by atoms with E-state index in [4.69, 9.17) is 0 Å². The second-order valence-corrected chi connectivity index (χ2v) is 2.23. The van der Waals surface area contributed by atoms with Crippen LogP contribution in [-0.2, 0) is 13.0 Å². The molecule has 0 bridgehead atoms. The molecule has 0 amide bonds. The van der Waals surface area contributed by atoms with Crippen molar-refractivity contribution in [2.24, 2.45) is 0 Å². The predicted molar refractivity (Wildman–Crippen MR) is 32.6 cm³/mol. The number of nitrogens with zero attached hydrogens (tertiary/aromatic N) is 3. The minimum atomic E-state index is 0.988. The maximum atomic E-state index is 3.95. The molecule has 0 unspecified atom stereocenters. The van der Waals surface area contributed by atoms with Crippen LogP contribution in [-0.4, -0.2) is 14.8 Å². The Morgan fingerprint density at radius 1 is 1.56 bits per heavy atom. The second kappa shape index (κ2) is 1.83. The summed E-state index contributed by atoms with van der Waals surface area (Å²) >= 11 is 0. The summed E-state index contributed by atoms with van der Waals surface area (Å²) in [5.41, 5.74) is 0. The summed E-state index contributed by atoms with van der Waals surface area (Å²) in [4.78, 5) is 0. The van der Waals surface area contributed by atoms with E-state index in [1.165, 1.54) is 0 Å². The van der Waals surface area contributed by atoms with Crippen LogP contribution in [0.5, 0.6) is 0 Å². The number of hydrogen-bond donors (Lipinski definition) is 0. The highest BCUT2D eigenvalue weighted by Gasteiger charge is 2.08. The van der Waals surface area contributed by atoms with Crippen LogP contribution < -0.4 is 0 Å². The minimum Gasteiger partial charge on any atom is -0.317 e. The van der Waals surface area contributed by atoms with Gasteiger partial charge in [-0.3, -0.25) is 0 Å². The van der Waals surface area contributed by atoms with Gasteiger partial charge in [0, 0.05) is 13.0 Å². The third-order valence-electron chi connectivity index (χ3n) is 1.59. The van der Waals surface area contributed by atoms with Crippen LogP contribution in [0.4, 0.5) is 0 Å². The number of hydrogen-bond acceptors (Lipinski definition) is 2. The standard InChI is InChI=1S/C6H8N3/c1-2-4-9-5-7-8-6(9)3-1/h2,5H,1,3-4H2. The second-order valence-electron chi connectivity index (χ2n) is 2.23. The molecule has 1 aromatic heterocycles. The van der Waals surface area contributed by atoms with Crippen LogP contribution in [0.25, 0.3) is 0 Å². The number of fused-ring (bicyclic) bond motifs is 1. The average Bonchev–Trinajstić information content (AvgIpc) is 2.33. The van der Waals surface area contributed by atoms with Crippen molar-refractivity contribution in [3.05, 3.63) is 18.6 Å². The maximum absolute atomic E-state index is 3.95. The Kier molecular flexibility index (Phi) is 1.01. The Morgan fingerprint density at radius 3 is 3.44 bits per heavy atom. The normalized spacial score (nSPS) is 17.3. The predicted octanol–water partition coefficient (Wildman–Crippen LogP) is 0.429. The van der Waals surface area contributed by atoms with Gasteiger partial charge >= 0.3 is 0 Å². The molecular weight excluding hydrogens is 114 g/mol. The van der Waals surface area contributed by atoms with E-state index < -0.39 is 0 Å². The molecule has 3 nitrogen and oxygen atoms in total. The average molecular weight is 122 g/mol. The summed E-state index contributed by atoms with van der Waals surface area (Å²) in [6.07, 6.45) is 6.24. The monoisotopic (exact) mass is 122 g/mol. The minimum absolute atomic E-state index is 0.988. The van der Waals surface area contributed by atoms with Crippen LogP contribution in [0.15, 0.2) is 6.33 Å². The molecule has 0 saturated heterocycles. The number of aryl methyl sites for hydroxylation is 1. The van der Waals surface area contributed by atoms with E-state index in [0.29, 0.717) is 0 Å². The van der Waals surface area contributed by atoms with Gasteiger partial charge in [-0.25, -0.2) is 0 Å². The fourth-order valence-corrected chi connectivity index (χ4v) is 1.09. The first-order valence-corrected chi connectivity index (χ1v) is 3.15. The first kappa shape index (κ1) is 4.97. The molecule has 2 rings (SSSR count). The van der Waals surface area contributed by atoms with Gasteiger partial charge in [-0.2, -0.15) is 0 Å². The largest absolute Gasteiger partial charge is 0.317 e. The molecule has 0 saturated carbocycles. The SMILES string of the molecule is [CH]1CCc2nncn2C1. The molecular formula is C6H8N3. The molecule has 0 fully saturated rings. The Bertz CT molecular complexity index is 183. The molecule has 1 aliphatic rings. The van der Waals surface area contributed by atoms with Gasteiger partial charge in [0.25, 0.3) is 0 Å². The summed E-state index contributed by atoms with van der Waals surface area (Å²) in [5.74, 6) is 1.12. The van der Waals surface area contributed by atoms with Crippen molar-refractivity contribution in [1.82, 2.24) is 14.8 Å². The van der Waals surface area contributed by atoms with Gasteiger partial charge in [0.1, 0.15) is 12.2 Å². The van der Waals surface area contributed by atoms with E-state index in [9.17, 15) is 0 Å². The molecule has 9 heavy (non-hydrogen) atoms. The smallest absolute Gasteiger partial charge is 0.132 e. The van der Waals surface area contributed by atoms with E-state index in [1.54, 1.807) is 6.33 Å². The van der Waals surface area contributed by atoms with Crippen LogP contribution in [0.1, 0.15) is 12.2 Å². The molecule has 0 aromatic carbocycles. The molecule has 0 spiro atoms. The zero-order valence-corrected chi connectivity index (χ0v) is 5.12. The van der Waals surface area contributed by atoms with Crippen LogP contribution in [0.3, 0.4) is 0 Å². The van der Waals surface area contributed by atoms with Crippen molar-refractivity contribution in [3.8, 4) is 0 Å². The highest BCUT2D eigenvalue weighted by molar-refractivity contribution is 4.93.